The van der Waals surface area contributed by atoms with Gasteiger partial charge in [0.05, 0.1) is 0 Å². The van der Waals surface area contributed by atoms with E-state index in [2.05, 4.69) is 48.3 Å². The average molecular weight is 218 g/mol. The number of nitrogens with zero attached hydrogens (tertiary/aromatic N) is 1. The Balaban J connectivity index is 1.96. The van der Waals surface area contributed by atoms with Crippen LogP contribution in [0.3, 0.4) is 0 Å². The molecule has 1 unspecified atom stereocenters. The fraction of sp³-hybridized carbons (Fsp3) is 0.571. The zero-order chi connectivity index (χ0) is 11.4. The first-order valence-electron chi connectivity index (χ1n) is 6.34. The van der Waals surface area contributed by atoms with E-state index in [9.17, 15) is 0 Å². The Hall–Kier alpha value is -1.02. The highest BCUT2D eigenvalue weighted by Crippen LogP contribution is 2.23. The molecule has 1 aliphatic heterocycles. The van der Waals surface area contributed by atoms with Gasteiger partial charge in [-0.05, 0) is 36.6 Å². The second-order valence-corrected chi connectivity index (χ2v) is 4.79. The summed E-state index contributed by atoms with van der Waals surface area (Å²) in [4.78, 5) is 2.49. The molecule has 16 heavy (non-hydrogen) atoms. The van der Waals surface area contributed by atoms with Gasteiger partial charge in [0.15, 0.2) is 0 Å². The van der Waals surface area contributed by atoms with Gasteiger partial charge in [0, 0.05) is 25.3 Å². The molecule has 1 heterocycles. The summed E-state index contributed by atoms with van der Waals surface area (Å²) in [5.41, 5.74) is 2.75. The molecule has 1 saturated heterocycles. The van der Waals surface area contributed by atoms with Gasteiger partial charge in [-0.1, -0.05) is 26.0 Å². The zero-order valence-electron chi connectivity index (χ0n) is 10.4. The third-order valence-corrected chi connectivity index (χ3v) is 3.30. The van der Waals surface area contributed by atoms with E-state index >= 15 is 0 Å². The predicted molar refractivity (Wildman–Crippen MR) is 69.8 cm³/mol. The highest BCUT2D eigenvalue weighted by Gasteiger charge is 2.18. The van der Waals surface area contributed by atoms with Crippen molar-refractivity contribution in [3.8, 4) is 0 Å². The van der Waals surface area contributed by atoms with Crippen LogP contribution in [0.15, 0.2) is 24.3 Å². The summed E-state index contributed by atoms with van der Waals surface area (Å²) in [6, 6.07) is 8.98. The summed E-state index contributed by atoms with van der Waals surface area (Å²) in [5, 5.41) is 3.35. The third kappa shape index (κ3) is 2.76. The molecule has 2 rings (SSSR count). The smallest absolute Gasteiger partial charge is 0.0366 e. The second kappa shape index (κ2) is 5.35. The van der Waals surface area contributed by atoms with Gasteiger partial charge in [0.1, 0.15) is 0 Å². The molecule has 1 aromatic rings. The maximum atomic E-state index is 3.35. The third-order valence-electron chi connectivity index (χ3n) is 3.30. The number of nitrogens with one attached hydrogen (secondary N) is 1. The Labute approximate surface area is 98.7 Å². The lowest BCUT2D eigenvalue weighted by atomic mass is 10.2. The first kappa shape index (κ1) is 11.5. The summed E-state index contributed by atoms with van der Waals surface area (Å²) in [6.07, 6.45) is 1.33. The van der Waals surface area contributed by atoms with Crippen LogP contribution in [0.1, 0.15) is 25.8 Å². The van der Waals surface area contributed by atoms with Crippen LogP contribution in [0, 0.1) is 5.92 Å². The molecule has 2 nitrogen and oxygen atoms in total. The van der Waals surface area contributed by atoms with Crippen LogP contribution < -0.4 is 10.2 Å². The lowest BCUT2D eigenvalue weighted by Gasteiger charge is -2.18. The van der Waals surface area contributed by atoms with Gasteiger partial charge in [-0.25, -0.2) is 0 Å². The van der Waals surface area contributed by atoms with Crippen molar-refractivity contribution < 1.29 is 0 Å². The quantitative estimate of drug-likeness (QED) is 0.836. The number of hydrogen-bond donors (Lipinski definition) is 1. The van der Waals surface area contributed by atoms with Gasteiger partial charge in [-0.15, -0.1) is 0 Å². The standard InChI is InChI=1S/C14H22N2/c1-3-15-10-13-4-6-14(7-5-13)16-9-8-12(2)11-16/h4-7,12,15H,3,8-11H2,1-2H3. The van der Waals surface area contributed by atoms with Crippen molar-refractivity contribution >= 4 is 5.69 Å². The number of rotatable bonds is 4. The highest BCUT2D eigenvalue weighted by molar-refractivity contribution is 5.48. The molecule has 0 radical (unpaired) electrons. The molecule has 1 fully saturated rings. The monoisotopic (exact) mass is 218 g/mol. The highest BCUT2D eigenvalue weighted by atomic mass is 15.1. The van der Waals surface area contributed by atoms with Crippen molar-refractivity contribution in [2.24, 2.45) is 5.92 Å². The largest absolute Gasteiger partial charge is 0.371 e. The average Bonchev–Trinajstić information content (AvgIpc) is 2.74. The van der Waals surface area contributed by atoms with Crippen molar-refractivity contribution in [3.63, 3.8) is 0 Å². The lowest BCUT2D eigenvalue weighted by Crippen LogP contribution is -2.19. The molecule has 1 aliphatic rings. The Morgan fingerprint density at radius 3 is 2.62 bits per heavy atom. The maximum absolute atomic E-state index is 3.35. The molecular formula is C14H22N2. The van der Waals surface area contributed by atoms with Crippen LogP contribution in [0.2, 0.25) is 0 Å². The van der Waals surface area contributed by atoms with Gasteiger partial charge >= 0.3 is 0 Å². The van der Waals surface area contributed by atoms with E-state index < -0.39 is 0 Å². The molecule has 1 atom stereocenters. The van der Waals surface area contributed by atoms with Crippen LogP contribution in [0.4, 0.5) is 5.69 Å². The minimum absolute atomic E-state index is 0.849. The Bertz CT molecular complexity index is 318. The Kier molecular flexibility index (Phi) is 3.83. The Morgan fingerprint density at radius 2 is 2.06 bits per heavy atom. The van der Waals surface area contributed by atoms with E-state index in [1.54, 1.807) is 0 Å². The van der Waals surface area contributed by atoms with Crippen molar-refractivity contribution in [2.45, 2.75) is 26.8 Å². The van der Waals surface area contributed by atoms with Crippen LogP contribution >= 0.6 is 0 Å². The van der Waals surface area contributed by atoms with Gasteiger partial charge in [-0.3, -0.25) is 0 Å². The fourth-order valence-electron chi connectivity index (χ4n) is 2.26. The molecule has 88 valence electrons. The van der Waals surface area contributed by atoms with E-state index in [0.717, 1.165) is 19.0 Å². The van der Waals surface area contributed by atoms with Gasteiger partial charge in [-0.2, -0.15) is 0 Å². The van der Waals surface area contributed by atoms with E-state index in [4.69, 9.17) is 0 Å². The van der Waals surface area contributed by atoms with E-state index in [0.29, 0.717) is 0 Å². The first-order valence-corrected chi connectivity index (χ1v) is 6.34. The molecule has 1 N–H and O–H groups in total. The summed E-state index contributed by atoms with van der Waals surface area (Å²) in [5.74, 6) is 0.849. The summed E-state index contributed by atoms with van der Waals surface area (Å²) in [6.45, 7) is 8.92. The van der Waals surface area contributed by atoms with Crippen LogP contribution in [-0.4, -0.2) is 19.6 Å². The Morgan fingerprint density at radius 1 is 1.31 bits per heavy atom. The van der Waals surface area contributed by atoms with Crippen molar-refractivity contribution in [2.75, 3.05) is 24.5 Å². The molecule has 2 heteroatoms. The first-order chi connectivity index (χ1) is 7.79. The molecule has 1 aromatic carbocycles. The van der Waals surface area contributed by atoms with Crippen molar-refractivity contribution in [1.82, 2.24) is 5.32 Å². The topological polar surface area (TPSA) is 15.3 Å². The van der Waals surface area contributed by atoms with Crippen molar-refractivity contribution in [1.29, 1.82) is 0 Å². The molecule has 0 aliphatic carbocycles. The SMILES string of the molecule is CCNCc1ccc(N2CCC(C)C2)cc1. The summed E-state index contributed by atoms with van der Waals surface area (Å²) < 4.78 is 0. The van der Waals surface area contributed by atoms with Crippen LogP contribution in [0.25, 0.3) is 0 Å². The number of hydrogen-bond acceptors (Lipinski definition) is 2. The molecular weight excluding hydrogens is 196 g/mol. The minimum Gasteiger partial charge on any atom is -0.371 e. The van der Waals surface area contributed by atoms with Gasteiger partial charge in [0.2, 0.25) is 0 Å². The minimum atomic E-state index is 0.849. The summed E-state index contributed by atoms with van der Waals surface area (Å²) >= 11 is 0. The molecule has 0 bridgehead atoms. The van der Waals surface area contributed by atoms with Gasteiger partial charge < -0.3 is 10.2 Å². The van der Waals surface area contributed by atoms with Crippen LogP contribution in [0.5, 0.6) is 0 Å². The van der Waals surface area contributed by atoms with E-state index in [1.807, 2.05) is 0 Å². The van der Waals surface area contributed by atoms with Crippen molar-refractivity contribution in [3.05, 3.63) is 29.8 Å². The zero-order valence-corrected chi connectivity index (χ0v) is 10.4. The van der Waals surface area contributed by atoms with Gasteiger partial charge in [0.25, 0.3) is 0 Å². The number of benzene rings is 1. The maximum Gasteiger partial charge on any atom is 0.0366 e. The van der Waals surface area contributed by atoms with Crippen LogP contribution in [-0.2, 0) is 6.54 Å². The molecule has 0 amide bonds. The molecule has 0 aromatic heterocycles. The predicted octanol–water partition coefficient (Wildman–Crippen LogP) is 2.64. The summed E-state index contributed by atoms with van der Waals surface area (Å²) in [7, 11) is 0. The molecule has 0 spiro atoms. The van der Waals surface area contributed by atoms with E-state index in [1.165, 1.54) is 30.8 Å². The fourth-order valence-corrected chi connectivity index (χ4v) is 2.26. The molecule has 0 saturated carbocycles. The number of anilines is 1. The lowest BCUT2D eigenvalue weighted by molar-refractivity contribution is 0.659. The van der Waals surface area contributed by atoms with E-state index in [-0.39, 0.29) is 0 Å². The second-order valence-electron chi connectivity index (χ2n) is 4.79. The normalized spacial score (nSPS) is 20.4.